The molecule has 30 nitrogen and oxygen atoms in total. The highest BCUT2D eigenvalue weighted by Crippen LogP contribution is 2.13. The Morgan fingerprint density at radius 1 is 0.544 bits per heavy atom. The van der Waals surface area contributed by atoms with E-state index in [-0.39, 0.29) is 56.3 Å². The number of hydrogen-bond donors (Lipinski definition) is 17. The third-order valence-electron chi connectivity index (χ3n) is 11.4. The maximum absolute atomic E-state index is 14.0. The fourth-order valence-electron chi connectivity index (χ4n) is 7.35. The molecule has 0 aliphatic rings. The number of nitrogens with one attached hydrogen (secondary N) is 8. The number of phenolic OH excluding ortho intramolecular Hbond substituents is 1. The van der Waals surface area contributed by atoms with Crippen molar-refractivity contribution >= 4 is 77.0 Å². The molecular weight excluding hydrogens is 1040 g/mol. The van der Waals surface area contributed by atoms with Crippen LogP contribution in [0.5, 0.6) is 5.75 Å². The molecule has 21 N–H and O–H groups in total. The van der Waals surface area contributed by atoms with Crippen LogP contribution in [0.1, 0.15) is 76.3 Å². The van der Waals surface area contributed by atoms with Gasteiger partial charge < -0.3 is 91.0 Å². The van der Waals surface area contributed by atoms with E-state index in [1.54, 1.807) is 44.2 Å². The van der Waals surface area contributed by atoms with Crippen LogP contribution < -0.4 is 65.5 Å². The fourth-order valence-corrected chi connectivity index (χ4v) is 7.35. The Labute approximate surface area is 453 Å². The van der Waals surface area contributed by atoms with Crippen molar-refractivity contribution in [3.63, 3.8) is 0 Å². The van der Waals surface area contributed by atoms with Crippen molar-refractivity contribution in [1.82, 2.24) is 42.5 Å². The van der Waals surface area contributed by atoms with Crippen LogP contribution in [0, 0.1) is 5.92 Å². The molecule has 0 heterocycles. The summed E-state index contributed by atoms with van der Waals surface area (Å²) in [7, 11) is 0. The predicted octanol–water partition coefficient (Wildman–Crippen LogP) is -5.20. The predicted molar refractivity (Wildman–Crippen MR) is 278 cm³/mol. The summed E-state index contributed by atoms with van der Waals surface area (Å²) in [5.74, 6) is -14.4. The van der Waals surface area contributed by atoms with Crippen LogP contribution >= 0.6 is 0 Å². The first-order valence-corrected chi connectivity index (χ1v) is 24.8. The average Bonchev–Trinajstić information content (AvgIpc) is 3.38. The number of guanidine groups is 1. The summed E-state index contributed by atoms with van der Waals surface area (Å²) >= 11 is 0. The number of aliphatic hydroxyl groups is 1. The molecule has 0 bridgehead atoms. The van der Waals surface area contributed by atoms with Gasteiger partial charge in [-0.1, -0.05) is 56.3 Å². The van der Waals surface area contributed by atoms with Gasteiger partial charge in [0.05, 0.1) is 25.6 Å². The number of aromatic hydroxyl groups is 1. The summed E-state index contributed by atoms with van der Waals surface area (Å²) in [6.07, 6.45) is -3.72. The van der Waals surface area contributed by atoms with Crippen molar-refractivity contribution in [2.45, 2.75) is 126 Å². The number of nitrogens with zero attached hydrogens (tertiary/aromatic N) is 1. The highest BCUT2D eigenvalue weighted by atomic mass is 16.4. The molecule has 434 valence electrons. The van der Waals surface area contributed by atoms with Gasteiger partial charge >= 0.3 is 17.9 Å². The van der Waals surface area contributed by atoms with Gasteiger partial charge in [0, 0.05) is 25.8 Å². The van der Waals surface area contributed by atoms with Gasteiger partial charge in [-0.25, -0.2) is 4.79 Å². The second kappa shape index (κ2) is 34.0. The second-order valence-electron chi connectivity index (χ2n) is 18.5. The number of carboxylic acid groups (broad SMARTS) is 3. The number of carboxylic acids is 3. The number of carbonyl (C=O) groups excluding carboxylic acids is 9. The van der Waals surface area contributed by atoms with Gasteiger partial charge in [-0.3, -0.25) is 57.7 Å². The van der Waals surface area contributed by atoms with Crippen molar-refractivity contribution < 1.29 is 83.1 Å². The Bertz CT molecular complexity index is 2480. The summed E-state index contributed by atoms with van der Waals surface area (Å²) in [4.78, 5) is 159. The normalized spacial score (nSPS) is 13.9. The van der Waals surface area contributed by atoms with Crippen molar-refractivity contribution in [2.75, 3.05) is 19.7 Å². The standard InChI is InChI=1S/C49H71N13O17/c1-25(2)19-35(48(78)79)61-46(76)34(22-40(69)70)60-43(73)30(9-6-18-54-49(52)53)56-38(66)23-55-42(72)33(21-26-7-4-3-5-8-26)59-44(74)32(15-17-39(67)68)58-47(77)36(24-63)62-45(75)31(14-16-37(51)65)57-41(71)29(50)20-27-10-12-28(64)13-11-27/h3-5,7-8,10-13,25,29-36,63-64H,6,9,14-24,50H2,1-2H3,(H2,51,65)(H,55,72)(H,56,66)(H,57,71)(H,58,77)(H,59,74)(H,60,73)(H,61,76)(H,62,75)(H,67,68)(H,69,70)(H,78,79)(H4,52,53,54)/t29-,30-,31-,32-,33-,34-,35-,36-/m0/s1. The van der Waals surface area contributed by atoms with Gasteiger partial charge in [-0.05, 0) is 67.7 Å². The van der Waals surface area contributed by atoms with Crippen LogP contribution in [0.15, 0.2) is 59.6 Å². The summed E-state index contributed by atoms with van der Waals surface area (Å²) in [5.41, 5.74) is 23.1. The van der Waals surface area contributed by atoms with Crippen LogP contribution in [0.3, 0.4) is 0 Å². The zero-order valence-corrected chi connectivity index (χ0v) is 43.5. The Kier molecular flexibility index (Phi) is 28.5. The van der Waals surface area contributed by atoms with E-state index < -0.39 is 165 Å². The summed E-state index contributed by atoms with van der Waals surface area (Å²) in [6.45, 7) is 1.31. The number of hydrogen-bond acceptors (Lipinski definition) is 16. The molecule has 2 aromatic carbocycles. The summed E-state index contributed by atoms with van der Waals surface area (Å²) in [6, 6.07) is 0.931. The maximum atomic E-state index is 14.0. The van der Waals surface area contributed by atoms with Crippen molar-refractivity contribution in [1.29, 1.82) is 0 Å². The molecule has 0 unspecified atom stereocenters. The minimum Gasteiger partial charge on any atom is -0.508 e. The first-order chi connectivity index (χ1) is 37.2. The van der Waals surface area contributed by atoms with E-state index in [0.29, 0.717) is 11.1 Å². The van der Waals surface area contributed by atoms with Crippen molar-refractivity contribution in [3.8, 4) is 5.75 Å². The molecule has 79 heavy (non-hydrogen) atoms. The van der Waals surface area contributed by atoms with Gasteiger partial charge in [-0.15, -0.1) is 0 Å². The average molecular weight is 1110 g/mol. The molecule has 2 aromatic rings. The number of phenols is 1. The molecule has 0 spiro atoms. The van der Waals surface area contributed by atoms with Gasteiger partial charge in [0.25, 0.3) is 0 Å². The van der Waals surface area contributed by atoms with E-state index in [1.807, 2.05) is 0 Å². The first kappa shape index (κ1) is 66.2. The highest BCUT2D eigenvalue weighted by Gasteiger charge is 2.34. The summed E-state index contributed by atoms with van der Waals surface area (Å²) < 4.78 is 0. The molecule has 0 fully saturated rings. The van der Waals surface area contributed by atoms with Gasteiger partial charge in [-0.2, -0.15) is 0 Å². The molecule has 30 heteroatoms. The number of nitrogens with two attached hydrogens (primary N) is 4. The smallest absolute Gasteiger partial charge is 0.326 e. The fraction of sp³-hybridized carbons (Fsp3) is 0.490. The van der Waals surface area contributed by atoms with Crippen molar-refractivity contribution in [2.24, 2.45) is 33.8 Å². The number of aliphatic carboxylic acids is 3. The topological polar surface area (TPSA) is 519 Å². The molecule has 0 saturated heterocycles. The SMILES string of the molecule is CC(C)C[C@H](NC(=O)[C@H](CC(=O)O)NC(=O)[C@H](CCCN=C(N)N)NC(=O)CNC(=O)[C@H](Cc1ccccc1)NC(=O)[C@H](CCC(=O)O)NC(=O)[C@H](CO)NC(=O)[C@H](CCC(N)=O)NC(=O)[C@@H](N)Cc1ccc(O)cc1)C(=O)O. The third-order valence-corrected chi connectivity index (χ3v) is 11.4. The molecule has 2 rings (SSSR count). The number of rotatable bonds is 36. The van der Waals surface area contributed by atoms with Crippen LogP contribution in [0.2, 0.25) is 0 Å². The van der Waals surface area contributed by atoms with E-state index in [2.05, 4.69) is 47.5 Å². The lowest BCUT2D eigenvalue weighted by molar-refractivity contribution is -0.144. The molecule has 9 amide bonds. The minimum atomic E-state index is -1.87. The monoisotopic (exact) mass is 1110 g/mol. The van der Waals surface area contributed by atoms with Crippen LogP contribution in [-0.2, 0) is 70.4 Å². The van der Waals surface area contributed by atoms with Gasteiger partial charge in [0.15, 0.2) is 5.96 Å². The van der Waals surface area contributed by atoms with Crippen LogP contribution in [-0.4, -0.2) is 171 Å². The van der Waals surface area contributed by atoms with Crippen molar-refractivity contribution in [3.05, 3.63) is 65.7 Å². The lowest BCUT2D eigenvalue weighted by Gasteiger charge is -2.26. The van der Waals surface area contributed by atoms with E-state index in [0.717, 1.165) is 0 Å². The number of primary amides is 1. The Morgan fingerprint density at radius 2 is 1.04 bits per heavy atom. The Balaban J connectivity index is 2.34. The van der Waals surface area contributed by atoms with E-state index in [1.165, 1.54) is 24.3 Å². The van der Waals surface area contributed by atoms with E-state index in [4.69, 9.17) is 22.9 Å². The Morgan fingerprint density at radius 3 is 1.57 bits per heavy atom. The minimum absolute atomic E-state index is 0.0266. The molecule has 8 atom stereocenters. The van der Waals surface area contributed by atoms with Gasteiger partial charge in [0.1, 0.15) is 48.0 Å². The third kappa shape index (κ3) is 26.1. The lowest BCUT2D eigenvalue weighted by atomic mass is 10.0. The molecule has 0 radical (unpaired) electrons. The van der Waals surface area contributed by atoms with Gasteiger partial charge in [0.2, 0.25) is 53.2 Å². The quantitative estimate of drug-likeness (QED) is 0.0172. The largest absolute Gasteiger partial charge is 0.508 e. The molecule has 0 aliphatic heterocycles. The molecular formula is C49H71N13O17. The Hall–Kier alpha value is -8.93. The van der Waals surface area contributed by atoms with Crippen LogP contribution in [0.4, 0.5) is 0 Å². The van der Waals surface area contributed by atoms with E-state index >= 15 is 0 Å². The highest BCUT2D eigenvalue weighted by molar-refractivity contribution is 5.98. The van der Waals surface area contributed by atoms with E-state index in [9.17, 15) is 83.1 Å². The second-order valence-corrected chi connectivity index (χ2v) is 18.5. The number of benzene rings is 2. The molecule has 0 aromatic heterocycles. The maximum Gasteiger partial charge on any atom is 0.326 e. The number of aliphatic imine (C=N–C) groups is 1. The molecule has 0 saturated carbocycles. The molecule has 0 aliphatic carbocycles. The number of aliphatic hydroxyl groups excluding tert-OH is 1. The zero-order chi connectivity index (χ0) is 59.4. The lowest BCUT2D eigenvalue weighted by Crippen LogP contribution is -2.60. The van der Waals surface area contributed by atoms with Crippen LogP contribution in [0.25, 0.3) is 0 Å². The number of amides is 9. The first-order valence-electron chi connectivity index (χ1n) is 24.8. The zero-order valence-electron chi connectivity index (χ0n) is 43.5. The number of carbonyl (C=O) groups is 12. The summed E-state index contributed by atoms with van der Waals surface area (Å²) in [5, 5.41) is 66.8.